The van der Waals surface area contributed by atoms with Crippen LogP contribution in [0.3, 0.4) is 0 Å². The molecule has 0 aromatic heterocycles. The van der Waals surface area contributed by atoms with Gasteiger partial charge in [0.1, 0.15) is 0 Å². The van der Waals surface area contributed by atoms with Crippen molar-refractivity contribution >= 4 is 31.9 Å². The van der Waals surface area contributed by atoms with Gasteiger partial charge in [0.05, 0.1) is 6.10 Å². The van der Waals surface area contributed by atoms with Crippen LogP contribution >= 0.6 is 31.9 Å². The molecule has 0 heterocycles. The van der Waals surface area contributed by atoms with Crippen LogP contribution in [0, 0.1) is 5.92 Å². The third kappa shape index (κ3) is 3.80. The van der Waals surface area contributed by atoms with E-state index >= 15 is 0 Å². The molecule has 0 saturated heterocycles. The first kappa shape index (κ1) is 13.6. The van der Waals surface area contributed by atoms with Gasteiger partial charge in [0.25, 0.3) is 0 Å². The van der Waals surface area contributed by atoms with Crippen LogP contribution in [-0.4, -0.2) is 5.11 Å². The highest BCUT2D eigenvalue weighted by Gasteiger charge is 2.20. The highest BCUT2D eigenvalue weighted by molar-refractivity contribution is 9.11. The molecule has 3 heteroatoms. The third-order valence-electron chi connectivity index (χ3n) is 3.60. The Morgan fingerprint density at radius 1 is 1.18 bits per heavy atom. The molecule has 0 bridgehead atoms. The van der Waals surface area contributed by atoms with Crippen LogP contribution in [0.15, 0.2) is 27.1 Å². The SMILES string of the molecule is OC(CC1CCCCC1)c1cc(Br)ccc1Br. The van der Waals surface area contributed by atoms with Gasteiger partial charge in [-0.05, 0) is 36.1 Å². The average Bonchev–Trinajstić information content (AvgIpc) is 2.33. The molecule has 1 saturated carbocycles. The molecule has 1 atom stereocenters. The number of halogens is 2. The molecule has 1 N–H and O–H groups in total. The minimum atomic E-state index is -0.343. The third-order valence-corrected chi connectivity index (χ3v) is 4.81. The van der Waals surface area contributed by atoms with Crippen LogP contribution in [0.2, 0.25) is 0 Å². The lowest BCUT2D eigenvalue weighted by Crippen LogP contribution is -2.11. The van der Waals surface area contributed by atoms with E-state index in [4.69, 9.17) is 0 Å². The maximum Gasteiger partial charge on any atom is 0.0804 e. The van der Waals surface area contributed by atoms with E-state index in [1.807, 2.05) is 18.2 Å². The van der Waals surface area contributed by atoms with E-state index < -0.39 is 0 Å². The first-order chi connectivity index (χ1) is 8.16. The Hall–Kier alpha value is 0.140. The number of aliphatic hydroxyl groups excluding tert-OH is 1. The average molecular weight is 362 g/mol. The molecular formula is C14H18Br2O. The lowest BCUT2D eigenvalue weighted by atomic mass is 9.84. The zero-order chi connectivity index (χ0) is 12.3. The Kier molecular flexibility index (Phi) is 5.07. The molecule has 1 fully saturated rings. The molecule has 1 nitrogen and oxygen atoms in total. The van der Waals surface area contributed by atoms with E-state index in [9.17, 15) is 5.11 Å². The number of rotatable bonds is 3. The van der Waals surface area contributed by atoms with Gasteiger partial charge in [-0.25, -0.2) is 0 Å². The quantitative estimate of drug-likeness (QED) is 0.782. The van der Waals surface area contributed by atoms with Gasteiger partial charge in [-0.1, -0.05) is 64.0 Å². The van der Waals surface area contributed by atoms with Crippen molar-refractivity contribution in [2.75, 3.05) is 0 Å². The number of hydrogen-bond acceptors (Lipinski definition) is 1. The molecule has 1 aliphatic rings. The summed E-state index contributed by atoms with van der Waals surface area (Å²) in [4.78, 5) is 0. The monoisotopic (exact) mass is 360 g/mol. The van der Waals surface area contributed by atoms with Gasteiger partial charge in [0.2, 0.25) is 0 Å². The molecule has 0 aliphatic heterocycles. The van der Waals surface area contributed by atoms with Crippen molar-refractivity contribution < 1.29 is 5.11 Å². The fourth-order valence-corrected chi connectivity index (χ4v) is 3.53. The Morgan fingerprint density at radius 2 is 1.88 bits per heavy atom. The molecule has 1 aromatic carbocycles. The summed E-state index contributed by atoms with van der Waals surface area (Å²) in [5, 5.41) is 10.3. The molecule has 94 valence electrons. The fourth-order valence-electron chi connectivity index (χ4n) is 2.64. The Labute approximate surface area is 120 Å². The summed E-state index contributed by atoms with van der Waals surface area (Å²) in [5.41, 5.74) is 1.00. The summed E-state index contributed by atoms with van der Waals surface area (Å²) >= 11 is 6.97. The molecule has 2 rings (SSSR count). The molecule has 0 spiro atoms. The van der Waals surface area contributed by atoms with Crippen molar-refractivity contribution in [3.8, 4) is 0 Å². The van der Waals surface area contributed by atoms with E-state index in [2.05, 4.69) is 31.9 Å². The second-order valence-corrected chi connectivity index (χ2v) is 6.69. The van der Waals surface area contributed by atoms with E-state index in [1.54, 1.807) is 0 Å². The minimum Gasteiger partial charge on any atom is -0.388 e. The van der Waals surface area contributed by atoms with Gasteiger partial charge in [-0.3, -0.25) is 0 Å². The maximum absolute atomic E-state index is 10.3. The van der Waals surface area contributed by atoms with Crippen LogP contribution in [0.4, 0.5) is 0 Å². The predicted molar refractivity (Wildman–Crippen MR) is 78.0 cm³/mol. The van der Waals surface area contributed by atoms with Crippen molar-refractivity contribution in [2.45, 2.75) is 44.6 Å². The van der Waals surface area contributed by atoms with Crippen LogP contribution in [0.5, 0.6) is 0 Å². The molecular weight excluding hydrogens is 344 g/mol. The van der Waals surface area contributed by atoms with Gasteiger partial charge in [0.15, 0.2) is 0 Å². The Morgan fingerprint density at radius 3 is 2.59 bits per heavy atom. The summed E-state index contributed by atoms with van der Waals surface area (Å²) in [5.74, 6) is 0.699. The van der Waals surface area contributed by atoms with Crippen molar-refractivity contribution in [1.29, 1.82) is 0 Å². The number of hydrogen-bond donors (Lipinski definition) is 1. The van der Waals surface area contributed by atoms with Gasteiger partial charge in [-0.15, -0.1) is 0 Å². The number of aliphatic hydroxyl groups is 1. The molecule has 0 radical (unpaired) electrons. The van der Waals surface area contributed by atoms with Gasteiger partial charge >= 0.3 is 0 Å². The summed E-state index contributed by atoms with van der Waals surface area (Å²) in [6.45, 7) is 0. The van der Waals surface area contributed by atoms with Crippen LogP contribution in [0.25, 0.3) is 0 Å². The maximum atomic E-state index is 10.3. The molecule has 1 unspecified atom stereocenters. The zero-order valence-corrected chi connectivity index (χ0v) is 13.0. The smallest absolute Gasteiger partial charge is 0.0804 e. The predicted octanol–water partition coefficient (Wildman–Crippen LogP) is 5.22. The normalized spacial score (nSPS) is 19.2. The van der Waals surface area contributed by atoms with Crippen LogP contribution < -0.4 is 0 Å². The standard InChI is InChI=1S/C14H18Br2O/c15-11-6-7-13(16)12(9-11)14(17)8-10-4-2-1-3-5-10/h6-7,9-10,14,17H,1-5,8H2. The van der Waals surface area contributed by atoms with E-state index in [0.29, 0.717) is 5.92 Å². The van der Waals surface area contributed by atoms with E-state index in [0.717, 1.165) is 20.9 Å². The van der Waals surface area contributed by atoms with Gasteiger partial charge < -0.3 is 5.11 Å². The largest absolute Gasteiger partial charge is 0.388 e. The molecule has 1 aromatic rings. The van der Waals surface area contributed by atoms with Crippen LogP contribution in [0.1, 0.15) is 50.2 Å². The summed E-state index contributed by atoms with van der Waals surface area (Å²) in [7, 11) is 0. The van der Waals surface area contributed by atoms with Crippen molar-refractivity contribution in [2.24, 2.45) is 5.92 Å². The highest BCUT2D eigenvalue weighted by atomic mass is 79.9. The molecule has 0 amide bonds. The molecule has 1 aliphatic carbocycles. The second kappa shape index (κ2) is 6.35. The van der Waals surface area contributed by atoms with Crippen molar-refractivity contribution in [3.63, 3.8) is 0 Å². The lowest BCUT2D eigenvalue weighted by Gasteiger charge is -2.24. The Balaban J connectivity index is 2.02. The highest BCUT2D eigenvalue weighted by Crippen LogP contribution is 2.35. The zero-order valence-electron chi connectivity index (χ0n) is 9.83. The first-order valence-electron chi connectivity index (χ1n) is 6.30. The summed E-state index contributed by atoms with van der Waals surface area (Å²) in [6.07, 6.45) is 7.15. The van der Waals surface area contributed by atoms with Gasteiger partial charge in [-0.2, -0.15) is 0 Å². The summed E-state index contributed by atoms with van der Waals surface area (Å²) < 4.78 is 2.03. The van der Waals surface area contributed by atoms with Crippen molar-refractivity contribution in [1.82, 2.24) is 0 Å². The number of benzene rings is 1. The first-order valence-corrected chi connectivity index (χ1v) is 7.88. The van der Waals surface area contributed by atoms with Crippen molar-refractivity contribution in [3.05, 3.63) is 32.7 Å². The lowest BCUT2D eigenvalue weighted by molar-refractivity contribution is 0.130. The Bertz CT molecular complexity index is 372. The fraction of sp³-hybridized carbons (Fsp3) is 0.571. The minimum absolute atomic E-state index is 0.343. The summed E-state index contributed by atoms with van der Waals surface area (Å²) in [6, 6.07) is 5.99. The van der Waals surface area contributed by atoms with Gasteiger partial charge in [0, 0.05) is 8.95 Å². The van der Waals surface area contributed by atoms with E-state index in [-0.39, 0.29) is 6.10 Å². The topological polar surface area (TPSA) is 20.2 Å². The second-order valence-electron chi connectivity index (χ2n) is 4.92. The van der Waals surface area contributed by atoms with E-state index in [1.165, 1.54) is 32.1 Å². The molecule has 17 heavy (non-hydrogen) atoms. The van der Waals surface area contributed by atoms with Crippen LogP contribution in [-0.2, 0) is 0 Å².